The van der Waals surface area contributed by atoms with Gasteiger partial charge in [-0.05, 0) is 35.2 Å². The van der Waals surface area contributed by atoms with Crippen molar-refractivity contribution in [3.8, 4) is 5.75 Å². The van der Waals surface area contributed by atoms with Crippen LogP contribution in [0.15, 0.2) is 53.6 Å². The second kappa shape index (κ2) is 7.00. The fraction of sp³-hybridized carbons (Fsp3) is 0.250. The van der Waals surface area contributed by atoms with Crippen LogP contribution in [0.4, 0.5) is 5.69 Å². The van der Waals surface area contributed by atoms with Gasteiger partial charge in [0.1, 0.15) is 5.75 Å². The van der Waals surface area contributed by atoms with E-state index in [9.17, 15) is 9.59 Å². The maximum atomic E-state index is 12.1. The first-order valence-corrected chi connectivity index (χ1v) is 8.33. The summed E-state index contributed by atoms with van der Waals surface area (Å²) in [4.78, 5) is 30.8. The summed E-state index contributed by atoms with van der Waals surface area (Å²) in [5, 5.41) is 3.74. The molecule has 0 bridgehead atoms. The molecule has 2 N–H and O–H groups in total. The lowest BCUT2D eigenvalue weighted by molar-refractivity contribution is -0.118. The lowest BCUT2D eigenvalue weighted by Gasteiger charge is -2.21. The van der Waals surface area contributed by atoms with Crippen molar-refractivity contribution in [2.75, 3.05) is 11.9 Å². The van der Waals surface area contributed by atoms with E-state index in [0.717, 1.165) is 10.9 Å². The van der Waals surface area contributed by atoms with Gasteiger partial charge < -0.3 is 15.0 Å². The summed E-state index contributed by atoms with van der Waals surface area (Å²) >= 11 is 0. The fourth-order valence-electron chi connectivity index (χ4n) is 2.74. The monoisotopic (exact) mass is 351 g/mol. The van der Waals surface area contributed by atoms with E-state index in [1.54, 1.807) is 36.7 Å². The van der Waals surface area contributed by atoms with Crippen molar-refractivity contribution in [3.05, 3.63) is 64.7 Å². The van der Waals surface area contributed by atoms with Crippen LogP contribution in [-0.2, 0) is 10.2 Å². The van der Waals surface area contributed by atoms with Gasteiger partial charge in [0.05, 0.1) is 11.7 Å². The first-order chi connectivity index (χ1) is 12.3. The second-order valence-electron chi connectivity index (χ2n) is 7.08. The summed E-state index contributed by atoms with van der Waals surface area (Å²) in [7, 11) is 0. The van der Waals surface area contributed by atoms with Crippen molar-refractivity contribution >= 4 is 22.5 Å². The number of carbonyl (C=O) groups is 1. The van der Waals surface area contributed by atoms with Crippen LogP contribution in [0.3, 0.4) is 0 Å². The van der Waals surface area contributed by atoms with Crippen molar-refractivity contribution in [1.29, 1.82) is 0 Å². The standard InChI is InChI=1S/C20H21N3O3/c1-20(2,3)16-10-18(24)23-17-9-13(6-7-15(16)17)22-19(25)12-26-14-5-4-8-21-11-14/h4-11H,12H2,1-3H3,(H,22,25)(H,23,24). The quantitative estimate of drug-likeness (QED) is 0.756. The molecular formula is C20H21N3O3. The van der Waals surface area contributed by atoms with E-state index in [1.807, 2.05) is 12.1 Å². The highest BCUT2D eigenvalue weighted by Gasteiger charge is 2.18. The van der Waals surface area contributed by atoms with Crippen LogP contribution in [-0.4, -0.2) is 22.5 Å². The van der Waals surface area contributed by atoms with Crippen LogP contribution >= 0.6 is 0 Å². The molecule has 1 amide bonds. The van der Waals surface area contributed by atoms with E-state index >= 15 is 0 Å². The second-order valence-corrected chi connectivity index (χ2v) is 7.08. The minimum Gasteiger partial charge on any atom is -0.482 e. The van der Waals surface area contributed by atoms with Gasteiger partial charge in [0.2, 0.25) is 5.56 Å². The van der Waals surface area contributed by atoms with Crippen LogP contribution in [0.5, 0.6) is 5.75 Å². The lowest BCUT2D eigenvalue weighted by atomic mass is 9.85. The Hall–Kier alpha value is -3.15. The Labute approximate surface area is 151 Å². The Morgan fingerprint density at radius 3 is 2.73 bits per heavy atom. The van der Waals surface area contributed by atoms with Gasteiger partial charge in [-0.1, -0.05) is 26.8 Å². The molecule has 1 aromatic carbocycles. The summed E-state index contributed by atoms with van der Waals surface area (Å²) in [5.74, 6) is 0.239. The summed E-state index contributed by atoms with van der Waals surface area (Å²) in [6, 6.07) is 10.6. The number of pyridine rings is 2. The van der Waals surface area contributed by atoms with Crippen LogP contribution in [0.2, 0.25) is 0 Å². The van der Waals surface area contributed by atoms with Crippen LogP contribution in [0.25, 0.3) is 10.9 Å². The number of hydrogen-bond acceptors (Lipinski definition) is 4. The van der Waals surface area contributed by atoms with Crippen molar-refractivity contribution < 1.29 is 9.53 Å². The van der Waals surface area contributed by atoms with E-state index in [-0.39, 0.29) is 23.5 Å². The number of nitrogens with zero attached hydrogens (tertiary/aromatic N) is 1. The molecule has 0 spiro atoms. The predicted molar refractivity (Wildman–Crippen MR) is 102 cm³/mol. The van der Waals surface area contributed by atoms with Crippen molar-refractivity contribution in [1.82, 2.24) is 9.97 Å². The highest BCUT2D eigenvalue weighted by Crippen LogP contribution is 2.29. The molecule has 0 unspecified atom stereocenters. The maximum Gasteiger partial charge on any atom is 0.262 e. The zero-order chi connectivity index (χ0) is 18.7. The third-order valence-electron chi connectivity index (χ3n) is 3.94. The van der Waals surface area contributed by atoms with E-state index in [0.29, 0.717) is 17.0 Å². The number of anilines is 1. The number of hydrogen-bond donors (Lipinski definition) is 2. The van der Waals surface area contributed by atoms with Gasteiger partial charge in [-0.2, -0.15) is 0 Å². The Bertz CT molecular complexity index is 989. The van der Waals surface area contributed by atoms with Crippen molar-refractivity contribution in [2.24, 2.45) is 0 Å². The van der Waals surface area contributed by atoms with E-state index in [1.165, 1.54) is 0 Å². The van der Waals surface area contributed by atoms with Gasteiger partial charge >= 0.3 is 0 Å². The first kappa shape index (κ1) is 17.7. The number of benzene rings is 1. The maximum absolute atomic E-state index is 12.1. The Kier molecular flexibility index (Phi) is 4.75. The molecule has 0 saturated heterocycles. The number of aromatic amines is 1. The molecule has 2 heterocycles. The zero-order valence-corrected chi connectivity index (χ0v) is 15.0. The summed E-state index contributed by atoms with van der Waals surface area (Å²) < 4.78 is 5.38. The van der Waals surface area contributed by atoms with E-state index < -0.39 is 0 Å². The third kappa shape index (κ3) is 4.08. The minimum atomic E-state index is -0.289. The number of H-pyrrole nitrogens is 1. The SMILES string of the molecule is CC(C)(C)c1cc(=O)[nH]c2cc(NC(=O)COc3cccnc3)ccc12. The molecule has 0 aliphatic carbocycles. The van der Waals surface area contributed by atoms with Crippen molar-refractivity contribution in [3.63, 3.8) is 0 Å². The molecular weight excluding hydrogens is 330 g/mol. The van der Waals surface area contributed by atoms with Crippen LogP contribution in [0.1, 0.15) is 26.3 Å². The molecule has 0 saturated carbocycles. The highest BCUT2D eigenvalue weighted by atomic mass is 16.5. The number of amides is 1. The van der Waals surface area contributed by atoms with E-state index in [2.05, 4.69) is 36.1 Å². The zero-order valence-electron chi connectivity index (χ0n) is 15.0. The molecule has 0 radical (unpaired) electrons. The molecule has 6 nitrogen and oxygen atoms in total. The number of aromatic nitrogens is 2. The molecule has 0 aliphatic rings. The van der Waals surface area contributed by atoms with Gasteiger partial charge in [0.25, 0.3) is 5.91 Å². The topological polar surface area (TPSA) is 84.1 Å². The fourth-order valence-corrected chi connectivity index (χ4v) is 2.74. The van der Waals surface area contributed by atoms with Crippen LogP contribution in [0, 0.1) is 0 Å². The first-order valence-electron chi connectivity index (χ1n) is 8.33. The molecule has 0 atom stereocenters. The molecule has 6 heteroatoms. The van der Waals surface area contributed by atoms with Crippen LogP contribution < -0.4 is 15.6 Å². The van der Waals surface area contributed by atoms with E-state index in [4.69, 9.17) is 4.74 Å². The summed E-state index contributed by atoms with van der Waals surface area (Å²) in [6.07, 6.45) is 3.18. The Morgan fingerprint density at radius 2 is 2.04 bits per heavy atom. The number of nitrogens with one attached hydrogen (secondary N) is 2. The minimum absolute atomic E-state index is 0.123. The number of ether oxygens (including phenoxy) is 1. The molecule has 2 aromatic heterocycles. The summed E-state index contributed by atoms with van der Waals surface area (Å²) in [5.41, 5.74) is 1.93. The number of carbonyl (C=O) groups excluding carboxylic acids is 1. The lowest BCUT2D eigenvalue weighted by Crippen LogP contribution is -2.20. The highest BCUT2D eigenvalue weighted by molar-refractivity contribution is 5.95. The molecule has 3 aromatic rings. The number of rotatable bonds is 4. The normalized spacial score (nSPS) is 11.3. The summed E-state index contributed by atoms with van der Waals surface area (Å²) in [6.45, 7) is 6.06. The molecule has 0 aliphatic heterocycles. The molecule has 3 rings (SSSR count). The predicted octanol–water partition coefficient (Wildman–Crippen LogP) is 3.24. The average molecular weight is 351 g/mol. The Morgan fingerprint density at radius 1 is 1.23 bits per heavy atom. The molecule has 26 heavy (non-hydrogen) atoms. The van der Waals surface area contributed by atoms with Gasteiger partial charge in [-0.15, -0.1) is 0 Å². The van der Waals surface area contributed by atoms with Gasteiger partial charge in [-0.25, -0.2) is 0 Å². The average Bonchev–Trinajstić information content (AvgIpc) is 2.59. The Balaban J connectivity index is 1.79. The largest absolute Gasteiger partial charge is 0.482 e. The molecule has 134 valence electrons. The van der Waals surface area contributed by atoms with Crippen molar-refractivity contribution in [2.45, 2.75) is 26.2 Å². The smallest absolute Gasteiger partial charge is 0.262 e. The molecule has 0 fully saturated rings. The van der Waals surface area contributed by atoms with Gasteiger partial charge in [0.15, 0.2) is 6.61 Å². The third-order valence-corrected chi connectivity index (χ3v) is 3.94. The van der Waals surface area contributed by atoms with Gasteiger partial charge in [-0.3, -0.25) is 14.6 Å². The van der Waals surface area contributed by atoms with Gasteiger partial charge in [0, 0.05) is 23.3 Å². The number of fused-ring (bicyclic) bond motifs is 1.